The third kappa shape index (κ3) is 4.14. The van der Waals surface area contributed by atoms with Crippen LogP contribution >= 0.6 is 15.9 Å². The lowest BCUT2D eigenvalue weighted by Crippen LogP contribution is -2.21. The zero-order chi connectivity index (χ0) is 13.8. The van der Waals surface area contributed by atoms with Crippen LogP contribution in [-0.2, 0) is 13.1 Å². The van der Waals surface area contributed by atoms with E-state index in [4.69, 9.17) is 0 Å². The Morgan fingerprint density at radius 3 is 2.89 bits per heavy atom. The van der Waals surface area contributed by atoms with Gasteiger partial charge < -0.3 is 5.32 Å². The molecule has 0 bridgehead atoms. The number of hydrogen-bond donors (Lipinski definition) is 1. The molecule has 1 heterocycles. The lowest BCUT2D eigenvalue weighted by Gasteiger charge is -2.06. The number of benzene rings is 1. The van der Waals surface area contributed by atoms with Crippen molar-refractivity contribution < 1.29 is 4.39 Å². The first-order valence-corrected chi connectivity index (χ1v) is 7.02. The van der Waals surface area contributed by atoms with E-state index >= 15 is 0 Å². The van der Waals surface area contributed by atoms with Crippen LogP contribution in [0.15, 0.2) is 35.1 Å². The minimum absolute atomic E-state index is 0.238. The number of hydrogen-bond acceptors (Lipinski definition) is 2. The molecule has 0 spiro atoms. The van der Waals surface area contributed by atoms with E-state index in [1.165, 1.54) is 12.1 Å². The molecular weight excluding hydrogens is 309 g/mol. The molecule has 0 saturated heterocycles. The Kier molecular flexibility index (Phi) is 4.71. The highest BCUT2D eigenvalue weighted by Gasteiger charge is 2.04. The second kappa shape index (κ2) is 6.30. The quantitative estimate of drug-likeness (QED) is 0.913. The zero-order valence-electron chi connectivity index (χ0n) is 11.0. The maximum Gasteiger partial charge on any atom is 0.124 e. The van der Waals surface area contributed by atoms with Crippen LogP contribution in [0.1, 0.15) is 25.0 Å². The highest BCUT2D eigenvalue weighted by atomic mass is 79.9. The zero-order valence-corrected chi connectivity index (χ0v) is 12.6. The van der Waals surface area contributed by atoms with Crippen LogP contribution in [0.4, 0.5) is 4.39 Å². The van der Waals surface area contributed by atoms with E-state index < -0.39 is 0 Å². The van der Waals surface area contributed by atoms with Crippen molar-refractivity contribution in [3.8, 4) is 0 Å². The van der Waals surface area contributed by atoms with Crippen LogP contribution in [0.5, 0.6) is 0 Å². The molecule has 5 heteroatoms. The van der Waals surface area contributed by atoms with Crippen LogP contribution in [0.2, 0.25) is 0 Å². The predicted molar refractivity (Wildman–Crippen MR) is 77.4 cm³/mol. The average molecular weight is 326 g/mol. The largest absolute Gasteiger partial charge is 0.310 e. The van der Waals surface area contributed by atoms with Gasteiger partial charge in [-0.05, 0) is 17.7 Å². The molecular formula is C14H17BrFN3. The first kappa shape index (κ1) is 14.2. The summed E-state index contributed by atoms with van der Waals surface area (Å²) in [7, 11) is 0. The van der Waals surface area contributed by atoms with Crippen molar-refractivity contribution >= 4 is 15.9 Å². The number of halogens is 2. The van der Waals surface area contributed by atoms with Gasteiger partial charge in [0.25, 0.3) is 0 Å². The Labute approximate surface area is 121 Å². The van der Waals surface area contributed by atoms with Crippen LogP contribution in [0, 0.1) is 5.82 Å². The third-order valence-corrected chi connectivity index (χ3v) is 3.49. The van der Waals surface area contributed by atoms with Crippen LogP contribution in [0.25, 0.3) is 0 Å². The van der Waals surface area contributed by atoms with Gasteiger partial charge in [-0.2, -0.15) is 5.10 Å². The van der Waals surface area contributed by atoms with Crippen molar-refractivity contribution in [2.24, 2.45) is 0 Å². The van der Waals surface area contributed by atoms with Crippen molar-refractivity contribution in [1.29, 1.82) is 0 Å². The minimum Gasteiger partial charge on any atom is -0.310 e. The summed E-state index contributed by atoms with van der Waals surface area (Å²) < 4.78 is 15.6. The van der Waals surface area contributed by atoms with Gasteiger partial charge in [-0.1, -0.05) is 35.8 Å². The molecule has 102 valence electrons. The second-order valence-corrected chi connectivity index (χ2v) is 5.67. The number of aromatic nitrogens is 2. The highest BCUT2D eigenvalue weighted by Crippen LogP contribution is 2.19. The monoisotopic (exact) mass is 325 g/mol. The summed E-state index contributed by atoms with van der Waals surface area (Å²) in [6.07, 6.45) is 3.86. The average Bonchev–Trinajstić information content (AvgIpc) is 2.78. The Hall–Kier alpha value is -1.20. The van der Waals surface area contributed by atoms with Gasteiger partial charge in [-0.15, -0.1) is 0 Å². The summed E-state index contributed by atoms with van der Waals surface area (Å²) in [5, 5.41) is 7.66. The molecule has 1 aromatic carbocycles. The second-order valence-electron chi connectivity index (χ2n) is 4.82. The fourth-order valence-electron chi connectivity index (χ4n) is 1.73. The maximum absolute atomic E-state index is 13.0. The maximum atomic E-state index is 13.0. The van der Waals surface area contributed by atoms with E-state index in [0.29, 0.717) is 12.6 Å². The summed E-state index contributed by atoms with van der Waals surface area (Å²) in [5.74, 6) is -0.238. The Morgan fingerprint density at radius 1 is 1.42 bits per heavy atom. The standard InChI is InChI=1S/C14H17BrFN3/c1-10(2)17-6-11-7-18-19(8-11)9-12-3-4-13(16)5-14(12)15/h3-5,7-8,10,17H,6,9H2,1-2H3. The summed E-state index contributed by atoms with van der Waals surface area (Å²) in [4.78, 5) is 0. The van der Waals surface area contributed by atoms with Crippen LogP contribution in [-0.4, -0.2) is 15.8 Å². The van der Waals surface area contributed by atoms with E-state index in [1.54, 1.807) is 6.07 Å². The first-order chi connectivity index (χ1) is 9.04. The van der Waals surface area contributed by atoms with Gasteiger partial charge in [0.2, 0.25) is 0 Å². The van der Waals surface area contributed by atoms with Crippen LogP contribution < -0.4 is 5.32 Å². The molecule has 0 saturated carbocycles. The summed E-state index contributed by atoms with van der Waals surface area (Å²) in [6.45, 7) is 5.66. The third-order valence-electron chi connectivity index (χ3n) is 2.75. The van der Waals surface area contributed by atoms with Crippen molar-refractivity contribution in [3.63, 3.8) is 0 Å². The molecule has 19 heavy (non-hydrogen) atoms. The van der Waals surface area contributed by atoms with Gasteiger partial charge >= 0.3 is 0 Å². The molecule has 2 aromatic rings. The van der Waals surface area contributed by atoms with Crippen molar-refractivity contribution in [2.45, 2.75) is 33.0 Å². The number of rotatable bonds is 5. The molecule has 0 aliphatic rings. The normalized spacial score (nSPS) is 11.2. The molecule has 0 atom stereocenters. The van der Waals surface area contributed by atoms with E-state index in [2.05, 4.69) is 40.2 Å². The Bertz CT molecular complexity index is 551. The predicted octanol–water partition coefficient (Wildman–Crippen LogP) is 3.33. The van der Waals surface area contributed by atoms with Gasteiger partial charge in [0.05, 0.1) is 12.7 Å². The first-order valence-electron chi connectivity index (χ1n) is 6.23. The lowest BCUT2D eigenvalue weighted by atomic mass is 10.2. The molecule has 0 radical (unpaired) electrons. The van der Waals surface area contributed by atoms with Gasteiger partial charge in [0, 0.05) is 28.8 Å². The molecule has 0 amide bonds. The van der Waals surface area contributed by atoms with E-state index in [-0.39, 0.29) is 5.82 Å². The molecule has 0 aliphatic heterocycles. The fourth-order valence-corrected chi connectivity index (χ4v) is 2.21. The van der Waals surface area contributed by atoms with Crippen LogP contribution in [0.3, 0.4) is 0 Å². The molecule has 1 N–H and O–H groups in total. The number of nitrogens with one attached hydrogen (secondary N) is 1. The molecule has 0 fully saturated rings. The minimum atomic E-state index is -0.238. The van der Waals surface area contributed by atoms with Gasteiger partial charge in [-0.3, -0.25) is 4.68 Å². The van der Waals surface area contributed by atoms with Crippen molar-refractivity contribution in [1.82, 2.24) is 15.1 Å². The smallest absolute Gasteiger partial charge is 0.124 e. The molecule has 2 rings (SSSR count). The van der Waals surface area contributed by atoms with E-state index in [1.807, 2.05) is 17.1 Å². The lowest BCUT2D eigenvalue weighted by molar-refractivity contribution is 0.588. The topological polar surface area (TPSA) is 29.9 Å². The fraction of sp³-hybridized carbons (Fsp3) is 0.357. The van der Waals surface area contributed by atoms with E-state index in [9.17, 15) is 4.39 Å². The molecule has 0 unspecified atom stereocenters. The number of nitrogens with zero attached hydrogens (tertiary/aromatic N) is 2. The summed E-state index contributed by atoms with van der Waals surface area (Å²) >= 11 is 3.37. The SMILES string of the molecule is CC(C)NCc1cnn(Cc2ccc(F)cc2Br)c1. The Morgan fingerprint density at radius 2 is 2.21 bits per heavy atom. The van der Waals surface area contributed by atoms with Crippen molar-refractivity contribution in [2.75, 3.05) is 0 Å². The molecule has 3 nitrogen and oxygen atoms in total. The summed E-state index contributed by atoms with van der Waals surface area (Å²) in [5.41, 5.74) is 2.15. The molecule has 1 aromatic heterocycles. The van der Waals surface area contributed by atoms with Gasteiger partial charge in [0.15, 0.2) is 0 Å². The molecule has 0 aliphatic carbocycles. The Balaban J connectivity index is 2.03. The summed E-state index contributed by atoms with van der Waals surface area (Å²) in [6, 6.07) is 5.16. The van der Waals surface area contributed by atoms with Gasteiger partial charge in [-0.25, -0.2) is 4.39 Å². The van der Waals surface area contributed by atoms with Crippen molar-refractivity contribution in [3.05, 3.63) is 52.0 Å². The van der Waals surface area contributed by atoms with E-state index in [0.717, 1.165) is 22.1 Å². The van der Waals surface area contributed by atoms with Gasteiger partial charge in [0.1, 0.15) is 5.82 Å². The highest BCUT2D eigenvalue weighted by molar-refractivity contribution is 9.10.